The fourth-order valence-electron chi connectivity index (χ4n) is 1.42. The van der Waals surface area contributed by atoms with Crippen LogP contribution in [0.4, 0.5) is 0 Å². The van der Waals surface area contributed by atoms with Gasteiger partial charge in [-0.05, 0) is 19.8 Å². The van der Waals surface area contributed by atoms with Gasteiger partial charge in [0.15, 0.2) is 0 Å². The lowest BCUT2D eigenvalue weighted by molar-refractivity contribution is 0.602. The molecule has 74 valence electrons. The van der Waals surface area contributed by atoms with Crippen molar-refractivity contribution < 1.29 is 0 Å². The van der Waals surface area contributed by atoms with Crippen molar-refractivity contribution in [3.05, 3.63) is 0 Å². The number of hydrogen-bond donors (Lipinski definition) is 1. The second-order valence-corrected chi connectivity index (χ2v) is 3.15. The topological polar surface area (TPSA) is 38.4 Å². The molecule has 3 heteroatoms. The van der Waals surface area contributed by atoms with E-state index < -0.39 is 0 Å². The van der Waals surface area contributed by atoms with Gasteiger partial charge in [-0.2, -0.15) is 0 Å². The molecule has 1 atom stereocenters. The van der Waals surface area contributed by atoms with Crippen LogP contribution < -0.4 is 5.73 Å². The van der Waals surface area contributed by atoms with Crippen LogP contribution in [-0.2, 0) is 0 Å². The number of aliphatic imine (C=N–C) groups is 1. The fourth-order valence-corrected chi connectivity index (χ4v) is 1.42. The maximum Gasteiger partial charge on any atom is 0.0940 e. The quantitative estimate of drug-likeness (QED) is 0.647. The van der Waals surface area contributed by atoms with Crippen LogP contribution in [0.25, 0.3) is 0 Å². The first-order chi connectivity index (χ1) is 5.83. The fraction of sp³-hybridized carbons (Fsp3) is 0.700. The first-order valence-electron chi connectivity index (χ1n) is 4.54. The lowest BCUT2D eigenvalue weighted by atomic mass is 10.1. The van der Waals surface area contributed by atoms with Crippen molar-refractivity contribution in [2.24, 2.45) is 10.7 Å². The van der Waals surface area contributed by atoms with E-state index in [-0.39, 0.29) is 12.4 Å². The van der Waals surface area contributed by atoms with E-state index in [2.05, 4.69) is 16.8 Å². The molecular formula is C10H17ClN2. The molecule has 0 bridgehead atoms. The van der Waals surface area contributed by atoms with Gasteiger partial charge in [-0.25, -0.2) is 0 Å². The highest BCUT2D eigenvalue weighted by molar-refractivity contribution is 5.85. The summed E-state index contributed by atoms with van der Waals surface area (Å²) < 4.78 is 0. The Kier molecular flexibility index (Phi) is 6.44. The molecule has 13 heavy (non-hydrogen) atoms. The van der Waals surface area contributed by atoms with Gasteiger partial charge in [0.25, 0.3) is 0 Å². The Balaban J connectivity index is 0.00000144. The number of halogens is 1. The van der Waals surface area contributed by atoms with Gasteiger partial charge in [0, 0.05) is 12.8 Å². The summed E-state index contributed by atoms with van der Waals surface area (Å²) in [7, 11) is 0. The molecular weight excluding hydrogens is 184 g/mol. The van der Waals surface area contributed by atoms with Gasteiger partial charge in [-0.1, -0.05) is 6.42 Å². The van der Waals surface area contributed by atoms with Crippen LogP contribution >= 0.6 is 12.4 Å². The Labute approximate surface area is 86.4 Å². The lowest BCUT2D eigenvalue weighted by Gasteiger charge is -2.05. The maximum atomic E-state index is 5.70. The van der Waals surface area contributed by atoms with E-state index in [0.717, 1.165) is 25.1 Å². The summed E-state index contributed by atoms with van der Waals surface area (Å²) in [5.74, 6) is 6.76. The minimum absolute atomic E-state index is 0. The van der Waals surface area contributed by atoms with Crippen LogP contribution in [0.5, 0.6) is 0 Å². The highest BCUT2D eigenvalue weighted by Crippen LogP contribution is 2.14. The minimum Gasteiger partial charge on any atom is -0.387 e. The highest BCUT2D eigenvalue weighted by atomic mass is 35.5. The van der Waals surface area contributed by atoms with Gasteiger partial charge in [0.1, 0.15) is 0 Å². The van der Waals surface area contributed by atoms with Gasteiger partial charge in [-0.3, -0.25) is 4.99 Å². The number of nitrogens with zero attached hydrogens (tertiary/aromatic N) is 1. The standard InChI is InChI=1S/C10H16N2.ClH/c1-2-3-6-9-7-4-5-8-10(11)12-9;/h9H,4-8H2,1H3,(H2,11,12);1H. The molecule has 0 radical (unpaired) electrons. The van der Waals surface area contributed by atoms with Crippen LogP contribution in [0.2, 0.25) is 0 Å². The Bertz CT molecular complexity index is 225. The summed E-state index contributed by atoms with van der Waals surface area (Å²) in [5, 5.41) is 0. The molecule has 1 aliphatic rings. The predicted molar refractivity (Wildman–Crippen MR) is 59.2 cm³/mol. The van der Waals surface area contributed by atoms with E-state index in [0.29, 0.717) is 6.04 Å². The summed E-state index contributed by atoms with van der Waals surface area (Å²) in [6.45, 7) is 1.86. The van der Waals surface area contributed by atoms with Crippen LogP contribution in [-0.4, -0.2) is 11.9 Å². The average molecular weight is 201 g/mol. The van der Waals surface area contributed by atoms with Crippen molar-refractivity contribution in [2.75, 3.05) is 0 Å². The molecule has 1 rings (SSSR count). The van der Waals surface area contributed by atoms with E-state index in [1.54, 1.807) is 0 Å². The second-order valence-electron chi connectivity index (χ2n) is 3.15. The normalized spacial score (nSPS) is 21.6. The van der Waals surface area contributed by atoms with Crippen molar-refractivity contribution in [1.82, 2.24) is 0 Å². The molecule has 1 heterocycles. The highest BCUT2D eigenvalue weighted by Gasteiger charge is 2.09. The van der Waals surface area contributed by atoms with E-state index in [9.17, 15) is 0 Å². The predicted octanol–water partition coefficient (Wildman–Crippen LogP) is 2.12. The number of hydrogen-bond acceptors (Lipinski definition) is 2. The third-order valence-electron chi connectivity index (χ3n) is 2.08. The lowest BCUT2D eigenvalue weighted by Crippen LogP contribution is -2.13. The van der Waals surface area contributed by atoms with E-state index in [1.165, 1.54) is 12.8 Å². The third kappa shape index (κ3) is 4.80. The van der Waals surface area contributed by atoms with Crippen LogP contribution in [0.15, 0.2) is 4.99 Å². The molecule has 0 fully saturated rings. The monoisotopic (exact) mass is 200 g/mol. The van der Waals surface area contributed by atoms with Gasteiger partial charge in [0.05, 0.1) is 11.9 Å². The molecule has 1 aliphatic heterocycles. The zero-order valence-corrected chi connectivity index (χ0v) is 8.86. The first-order valence-corrected chi connectivity index (χ1v) is 4.54. The van der Waals surface area contributed by atoms with Gasteiger partial charge >= 0.3 is 0 Å². The first kappa shape index (κ1) is 12.3. The second kappa shape index (κ2) is 6.80. The molecule has 2 nitrogen and oxygen atoms in total. The molecule has 1 unspecified atom stereocenters. The molecule has 0 spiro atoms. The molecule has 0 saturated heterocycles. The Morgan fingerprint density at radius 1 is 1.54 bits per heavy atom. The maximum absolute atomic E-state index is 5.70. The van der Waals surface area contributed by atoms with Crippen molar-refractivity contribution in [1.29, 1.82) is 0 Å². The third-order valence-corrected chi connectivity index (χ3v) is 2.08. The van der Waals surface area contributed by atoms with E-state index in [1.807, 2.05) is 6.92 Å². The Morgan fingerprint density at radius 2 is 2.31 bits per heavy atom. The van der Waals surface area contributed by atoms with Crippen molar-refractivity contribution in [2.45, 2.75) is 45.1 Å². The summed E-state index contributed by atoms with van der Waals surface area (Å²) in [4.78, 5) is 4.41. The van der Waals surface area contributed by atoms with Crippen molar-refractivity contribution >= 4 is 18.2 Å². The molecule has 0 saturated carbocycles. The minimum atomic E-state index is 0. The van der Waals surface area contributed by atoms with Crippen LogP contribution in [0.3, 0.4) is 0 Å². The molecule has 2 N–H and O–H groups in total. The summed E-state index contributed by atoms with van der Waals surface area (Å²) in [6.07, 6.45) is 5.41. The summed E-state index contributed by atoms with van der Waals surface area (Å²) in [6, 6.07) is 0.361. The van der Waals surface area contributed by atoms with Gasteiger partial charge in [0.2, 0.25) is 0 Å². The van der Waals surface area contributed by atoms with Gasteiger partial charge < -0.3 is 5.73 Å². The van der Waals surface area contributed by atoms with Crippen LogP contribution in [0.1, 0.15) is 39.0 Å². The number of nitrogens with two attached hydrogens (primary N) is 1. The Morgan fingerprint density at radius 3 is 3.00 bits per heavy atom. The van der Waals surface area contributed by atoms with Crippen LogP contribution in [0, 0.1) is 11.8 Å². The van der Waals surface area contributed by atoms with Gasteiger partial charge in [-0.15, -0.1) is 24.2 Å². The molecule has 0 aromatic carbocycles. The van der Waals surface area contributed by atoms with Crippen molar-refractivity contribution in [3.8, 4) is 11.8 Å². The van der Waals surface area contributed by atoms with Crippen molar-refractivity contribution in [3.63, 3.8) is 0 Å². The van der Waals surface area contributed by atoms with E-state index >= 15 is 0 Å². The molecule has 0 aromatic rings. The van der Waals surface area contributed by atoms with E-state index in [4.69, 9.17) is 5.73 Å². The SMILES string of the molecule is CC#CCC1CCCCC(N)=N1.Cl. The summed E-state index contributed by atoms with van der Waals surface area (Å²) in [5.41, 5.74) is 5.70. The zero-order chi connectivity index (χ0) is 8.81. The Hall–Kier alpha value is -0.680. The molecule has 0 amide bonds. The molecule has 0 aliphatic carbocycles. The number of rotatable bonds is 1. The number of amidine groups is 1. The average Bonchev–Trinajstić information content (AvgIpc) is 2.26. The smallest absolute Gasteiger partial charge is 0.0940 e. The zero-order valence-electron chi connectivity index (χ0n) is 8.05. The molecule has 0 aromatic heterocycles. The largest absolute Gasteiger partial charge is 0.387 e. The summed E-state index contributed by atoms with van der Waals surface area (Å²) >= 11 is 0.